The lowest BCUT2D eigenvalue weighted by molar-refractivity contribution is -0.107. The van der Waals surface area contributed by atoms with Crippen molar-refractivity contribution in [3.8, 4) is 11.1 Å². The van der Waals surface area contributed by atoms with Gasteiger partial charge in [0.15, 0.2) is 0 Å². The van der Waals surface area contributed by atoms with Gasteiger partial charge in [0.05, 0.1) is 5.66 Å². The standard InChI is InChI=1S/C25H29N3O2/c1-27-16-12-22-18-21(10-11-23(22)27)19-6-8-20(9-7-19)24(30)28(2)25(13-3-4-14-25)26-15-5-17-29/h6-12,16-18,26H,3-5,13-15H2,1-2H3. The number of amides is 1. The van der Waals surface area contributed by atoms with Crippen LogP contribution in [0.25, 0.3) is 22.0 Å². The van der Waals surface area contributed by atoms with Crippen LogP contribution in [0.4, 0.5) is 0 Å². The SMILES string of the molecule is CN(C(=O)c1ccc(-c2ccc3c(ccn3C)c2)cc1)C1(NCCC=O)CCCC1. The van der Waals surface area contributed by atoms with Crippen molar-refractivity contribution in [1.29, 1.82) is 0 Å². The molecule has 0 saturated heterocycles. The Labute approximate surface area is 177 Å². The first kappa shape index (κ1) is 20.4. The maximum atomic E-state index is 13.2. The molecule has 1 fully saturated rings. The summed E-state index contributed by atoms with van der Waals surface area (Å²) in [6.45, 7) is 0.599. The normalized spacial score (nSPS) is 15.4. The van der Waals surface area contributed by atoms with Crippen molar-refractivity contribution >= 4 is 23.1 Å². The van der Waals surface area contributed by atoms with E-state index >= 15 is 0 Å². The molecule has 156 valence electrons. The first-order valence-corrected chi connectivity index (χ1v) is 10.7. The van der Waals surface area contributed by atoms with E-state index in [1.807, 2.05) is 43.3 Å². The van der Waals surface area contributed by atoms with Crippen molar-refractivity contribution in [2.45, 2.75) is 37.8 Å². The molecule has 0 aliphatic heterocycles. The first-order chi connectivity index (χ1) is 14.5. The highest BCUT2D eigenvalue weighted by Crippen LogP contribution is 2.33. The lowest BCUT2D eigenvalue weighted by Crippen LogP contribution is -2.57. The van der Waals surface area contributed by atoms with Crippen molar-refractivity contribution < 1.29 is 9.59 Å². The van der Waals surface area contributed by atoms with Gasteiger partial charge in [-0.1, -0.05) is 18.2 Å². The van der Waals surface area contributed by atoms with Crippen LogP contribution < -0.4 is 5.32 Å². The molecule has 1 heterocycles. The van der Waals surface area contributed by atoms with Crippen molar-refractivity contribution in [1.82, 2.24) is 14.8 Å². The minimum atomic E-state index is -0.350. The van der Waals surface area contributed by atoms with Crippen LogP contribution in [0.15, 0.2) is 54.7 Å². The maximum Gasteiger partial charge on any atom is 0.255 e. The molecule has 1 N–H and O–H groups in total. The van der Waals surface area contributed by atoms with Gasteiger partial charge in [-0.25, -0.2) is 0 Å². The summed E-state index contributed by atoms with van der Waals surface area (Å²) in [7, 11) is 3.92. The van der Waals surface area contributed by atoms with E-state index in [1.165, 1.54) is 10.9 Å². The summed E-state index contributed by atoms with van der Waals surface area (Å²) >= 11 is 0. The van der Waals surface area contributed by atoms with Gasteiger partial charge in [0, 0.05) is 49.7 Å². The summed E-state index contributed by atoms with van der Waals surface area (Å²) in [4.78, 5) is 25.8. The maximum absolute atomic E-state index is 13.2. The fourth-order valence-electron chi connectivity index (χ4n) is 4.61. The minimum absolute atomic E-state index is 0.0144. The zero-order chi connectivity index (χ0) is 21.1. The highest BCUT2D eigenvalue weighted by molar-refractivity contribution is 5.95. The fourth-order valence-corrected chi connectivity index (χ4v) is 4.61. The van der Waals surface area contributed by atoms with Gasteiger partial charge in [0.25, 0.3) is 5.91 Å². The second-order valence-electron chi connectivity index (χ2n) is 8.26. The number of aromatic nitrogens is 1. The lowest BCUT2D eigenvalue weighted by atomic mass is 10.0. The number of aldehydes is 1. The number of rotatable bonds is 7. The first-order valence-electron chi connectivity index (χ1n) is 10.7. The van der Waals surface area contributed by atoms with E-state index in [4.69, 9.17) is 0 Å². The minimum Gasteiger partial charge on any atom is -0.351 e. The molecule has 1 amide bonds. The zero-order valence-corrected chi connectivity index (χ0v) is 17.7. The summed E-state index contributed by atoms with van der Waals surface area (Å²) in [6, 6.07) is 16.4. The number of nitrogens with zero attached hydrogens (tertiary/aromatic N) is 2. The Bertz CT molecular complexity index is 1050. The predicted octanol–water partition coefficient (Wildman–Crippen LogP) is 4.37. The van der Waals surface area contributed by atoms with Crippen LogP contribution >= 0.6 is 0 Å². The second-order valence-corrected chi connectivity index (χ2v) is 8.26. The van der Waals surface area contributed by atoms with Gasteiger partial charge in [0.1, 0.15) is 6.29 Å². The molecule has 1 saturated carbocycles. The van der Waals surface area contributed by atoms with Crippen LogP contribution in [0.3, 0.4) is 0 Å². The molecule has 4 rings (SSSR count). The van der Waals surface area contributed by atoms with E-state index in [2.05, 4.69) is 40.3 Å². The molecule has 5 nitrogen and oxygen atoms in total. The Hall–Kier alpha value is -2.92. The van der Waals surface area contributed by atoms with E-state index in [0.29, 0.717) is 18.5 Å². The van der Waals surface area contributed by atoms with Gasteiger partial charge in [-0.15, -0.1) is 0 Å². The van der Waals surface area contributed by atoms with Gasteiger partial charge in [-0.3, -0.25) is 10.1 Å². The predicted molar refractivity (Wildman–Crippen MR) is 120 cm³/mol. The van der Waals surface area contributed by atoms with Gasteiger partial charge in [-0.05, 0) is 67.1 Å². The Kier molecular flexibility index (Phi) is 5.73. The Morgan fingerprint density at radius 2 is 1.80 bits per heavy atom. The Morgan fingerprint density at radius 1 is 1.10 bits per heavy atom. The molecule has 1 aliphatic carbocycles. The molecule has 0 atom stereocenters. The molecule has 2 aromatic carbocycles. The molecule has 30 heavy (non-hydrogen) atoms. The molecule has 0 radical (unpaired) electrons. The van der Waals surface area contributed by atoms with Crippen LogP contribution in [0.5, 0.6) is 0 Å². The van der Waals surface area contributed by atoms with E-state index in [-0.39, 0.29) is 11.6 Å². The Morgan fingerprint density at radius 3 is 2.50 bits per heavy atom. The largest absolute Gasteiger partial charge is 0.351 e. The van der Waals surface area contributed by atoms with Crippen molar-refractivity contribution in [3.05, 3.63) is 60.3 Å². The van der Waals surface area contributed by atoms with Crippen LogP contribution in [0, 0.1) is 0 Å². The highest BCUT2D eigenvalue weighted by Gasteiger charge is 2.39. The average molecular weight is 404 g/mol. The third-order valence-electron chi connectivity index (χ3n) is 6.44. The number of hydrogen-bond donors (Lipinski definition) is 1. The van der Waals surface area contributed by atoms with Crippen LogP contribution in [-0.4, -0.2) is 40.9 Å². The Balaban J connectivity index is 1.53. The van der Waals surface area contributed by atoms with Gasteiger partial charge >= 0.3 is 0 Å². The van der Waals surface area contributed by atoms with E-state index in [1.54, 1.807) is 0 Å². The monoisotopic (exact) mass is 403 g/mol. The molecule has 0 bridgehead atoms. The number of carbonyl (C=O) groups excluding carboxylic acids is 2. The summed E-state index contributed by atoms with van der Waals surface area (Å²) in [5.74, 6) is 0.0144. The molecule has 1 aliphatic rings. The van der Waals surface area contributed by atoms with Crippen LogP contribution in [0.1, 0.15) is 42.5 Å². The topological polar surface area (TPSA) is 54.3 Å². The summed E-state index contributed by atoms with van der Waals surface area (Å²) in [5.41, 5.74) is 3.78. The van der Waals surface area contributed by atoms with E-state index in [0.717, 1.165) is 43.1 Å². The summed E-state index contributed by atoms with van der Waals surface area (Å²) < 4.78 is 2.11. The van der Waals surface area contributed by atoms with Crippen molar-refractivity contribution in [2.24, 2.45) is 7.05 Å². The third-order valence-corrected chi connectivity index (χ3v) is 6.44. The molecule has 3 aromatic rings. The van der Waals surface area contributed by atoms with Gasteiger partial charge < -0.3 is 14.3 Å². The molecule has 0 unspecified atom stereocenters. The average Bonchev–Trinajstić information content (AvgIpc) is 3.40. The number of fused-ring (bicyclic) bond motifs is 1. The third kappa shape index (κ3) is 3.77. The summed E-state index contributed by atoms with van der Waals surface area (Å²) in [6.07, 6.45) is 7.47. The van der Waals surface area contributed by atoms with E-state index in [9.17, 15) is 9.59 Å². The summed E-state index contributed by atoms with van der Waals surface area (Å²) in [5, 5.41) is 4.68. The molecule has 0 spiro atoms. The number of aryl methyl sites for hydroxylation is 1. The quantitative estimate of drug-likeness (QED) is 0.362. The van der Waals surface area contributed by atoms with Crippen molar-refractivity contribution in [3.63, 3.8) is 0 Å². The molecular weight excluding hydrogens is 374 g/mol. The number of hydrogen-bond acceptors (Lipinski definition) is 3. The number of benzene rings is 2. The fraction of sp³-hybridized carbons (Fsp3) is 0.360. The van der Waals surface area contributed by atoms with Gasteiger partial charge in [0.2, 0.25) is 0 Å². The second kappa shape index (κ2) is 8.44. The lowest BCUT2D eigenvalue weighted by Gasteiger charge is -2.40. The smallest absolute Gasteiger partial charge is 0.255 e. The zero-order valence-electron chi connectivity index (χ0n) is 17.7. The van der Waals surface area contributed by atoms with Gasteiger partial charge in [-0.2, -0.15) is 0 Å². The number of nitrogens with one attached hydrogen (secondary N) is 1. The number of carbonyl (C=O) groups is 2. The van der Waals surface area contributed by atoms with Crippen molar-refractivity contribution in [2.75, 3.05) is 13.6 Å². The van der Waals surface area contributed by atoms with E-state index < -0.39 is 0 Å². The molecular formula is C25H29N3O2. The van der Waals surface area contributed by atoms with Crippen LogP contribution in [0.2, 0.25) is 0 Å². The molecule has 1 aromatic heterocycles. The highest BCUT2D eigenvalue weighted by atomic mass is 16.2. The molecule has 5 heteroatoms. The van der Waals surface area contributed by atoms with Crippen LogP contribution in [-0.2, 0) is 11.8 Å².